The first-order valence-corrected chi connectivity index (χ1v) is 5.56. The molecule has 1 unspecified atom stereocenters. The van der Waals surface area contributed by atoms with Gasteiger partial charge in [-0.25, -0.2) is 0 Å². The molecule has 0 aliphatic carbocycles. The average molecular weight is 231 g/mol. The SMILES string of the molecule is CCOCC(NC(=O)CCC(=O)O)C(C)C. The largest absolute Gasteiger partial charge is 0.481 e. The van der Waals surface area contributed by atoms with Crippen LogP contribution < -0.4 is 5.32 Å². The van der Waals surface area contributed by atoms with Crippen molar-refractivity contribution < 1.29 is 19.4 Å². The Morgan fingerprint density at radius 3 is 2.38 bits per heavy atom. The minimum absolute atomic E-state index is 0.0185. The summed E-state index contributed by atoms with van der Waals surface area (Å²) in [5, 5.41) is 11.2. The maximum Gasteiger partial charge on any atom is 0.303 e. The number of amides is 1. The molecule has 0 heterocycles. The zero-order valence-corrected chi connectivity index (χ0v) is 10.2. The molecule has 0 aromatic carbocycles. The van der Waals surface area contributed by atoms with E-state index >= 15 is 0 Å². The van der Waals surface area contributed by atoms with Crippen LogP contribution in [-0.4, -0.2) is 36.2 Å². The van der Waals surface area contributed by atoms with Crippen LogP contribution in [-0.2, 0) is 14.3 Å². The Morgan fingerprint density at radius 1 is 1.31 bits per heavy atom. The van der Waals surface area contributed by atoms with E-state index in [-0.39, 0.29) is 30.7 Å². The number of carboxylic acid groups (broad SMARTS) is 1. The van der Waals surface area contributed by atoms with Gasteiger partial charge in [0.25, 0.3) is 0 Å². The van der Waals surface area contributed by atoms with E-state index in [1.54, 1.807) is 0 Å². The molecule has 2 N–H and O–H groups in total. The van der Waals surface area contributed by atoms with Gasteiger partial charge in [-0.3, -0.25) is 9.59 Å². The van der Waals surface area contributed by atoms with Crippen molar-refractivity contribution in [2.75, 3.05) is 13.2 Å². The number of carbonyl (C=O) groups excluding carboxylic acids is 1. The van der Waals surface area contributed by atoms with E-state index in [1.807, 2.05) is 20.8 Å². The Labute approximate surface area is 96.2 Å². The summed E-state index contributed by atoms with van der Waals surface area (Å²) in [6, 6.07) is -0.0544. The van der Waals surface area contributed by atoms with Crippen LogP contribution in [0.4, 0.5) is 0 Å². The minimum Gasteiger partial charge on any atom is -0.481 e. The van der Waals surface area contributed by atoms with Gasteiger partial charge >= 0.3 is 5.97 Å². The first-order chi connectivity index (χ1) is 7.47. The number of nitrogens with one attached hydrogen (secondary N) is 1. The summed E-state index contributed by atoms with van der Waals surface area (Å²) in [5.41, 5.74) is 0. The summed E-state index contributed by atoms with van der Waals surface area (Å²) in [4.78, 5) is 21.7. The number of aliphatic carboxylic acids is 1. The number of hydrogen-bond donors (Lipinski definition) is 2. The molecule has 0 aliphatic rings. The predicted octanol–water partition coefficient (Wildman–Crippen LogP) is 1.03. The lowest BCUT2D eigenvalue weighted by atomic mass is 10.1. The normalized spacial score (nSPS) is 12.5. The Hall–Kier alpha value is -1.10. The second-order valence-corrected chi connectivity index (χ2v) is 3.97. The molecule has 0 saturated heterocycles. The third kappa shape index (κ3) is 7.23. The fourth-order valence-electron chi connectivity index (χ4n) is 1.15. The summed E-state index contributed by atoms with van der Waals surface area (Å²) in [7, 11) is 0. The average Bonchev–Trinajstić information content (AvgIpc) is 2.20. The van der Waals surface area contributed by atoms with E-state index in [2.05, 4.69) is 5.32 Å². The zero-order chi connectivity index (χ0) is 12.6. The predicted molar refractivity (Wildman–Crippen MR) is 60.1 cm³/mol. The van der Waals surface area contributed by atoms with Crippen molar-refractivity contribution in [2.45, 2.75) is 39.7 Å². The van der Waals surface area contributed by atoms with E-state index in [0.29, 0.717) is 13.2 Å². The fourth-order valence-corrected chi connectivity index (χ4v) is 1.15. The lowest BCUT2D eigenvalue weighted by Crippen LogP contribution is -2.42. The maximum absolute atomic E-state index is 11.4. The van der Waals surface area contributed by atoms with E-state index in [9.17, 15) is 9.59 Å². The van der Waals surface area contributed by atoms with E-state index in [0.717, 1.165) is 0 Å². The first-order valence-electron chi connectivity index (χ1n) is 5.56. The van der Waals surface area contributed by atoms with Crippen LogP contribution >= 0.6 is 0 Å². The van der Waals surface area contributed by atoms with Crippen molar-refractivity contribution in [3.05, 3.63) is 0 Å². The molecule has 0 bridgehead atoms. The molecule has 0 saturated carbocycles. The molecule has 16 heavy (non-hydrogen) atoms. The van der Waals surface area contributed by atoms with Crippen LogP contribution in [0, 0.1) is 5.92 Å². The maximum atomic E-state index is 11.4. The van der Waals surface area contributed by atoms with Crippen molar-refractivity contribution in [3.63, 3.8) is 0 Å². The summed E-state index contributed by atoms with van der Waals surface area (Å²) >= 11 is 0. The highest BCUT2D eigenvalue weighted by atomic mass is 16.5. The first kappa shape index (κ1) is 14.9. The third-order valence-electron chi connectivity index (χ3n) is 2.22. The quantitative estimate of drug-likeness (QED) is 0.654. The van der Waals surface area contributed by atoms with Crippen LogP contribution in [0.15, 0.2) is 0 Å². The molecule has 1 atom stereocenters. The number of rotatable bonds is 8. The lowest BCUT2D eigenvalue weighted by Gasteiger charge is -2.21. The standard InChI is InChI=1S/C11H21NO4/c1-4-16-7-9(8(2)3)12-10(13)5-6-11(14)15/h8-9H,4-7H2,1-3H3,(H,12,13)(H,14,15). The molecule has 0 spiro atoms. The second-order valence-electron chi connectivity index (χ2n) is 3.97. The van der Waals surface area contributed by atoms with E-state index in [1.165, 1.54) is 0 Å². The molecular formula is C11H21NO4. The molecule has 94 valence electrons. The van der Waals surface area contributed by atoms with Crippen molar-refractivity contribution >= 4 is 11.9 Å². The topological polar surface area (TPSA) is 75.6 Å². The Bertz CT molecular complexity index is 228. The van der Waals surface area contributed by atoms with Gasteiger partial charge in [0.1, 0.15) is 0 Å². The smallest absolute Gasteiger partial charge is 0.303 e. The highest BCUT2D eigenvalue weighted by Crippen LogP contribution is 2.03. The van der Waals surface area contributed by atoms with Crippen LogP contribution in [0.1, 0.15) is 33.6 Å². The summed E-state index contributed by atoms with van der Waals surface area (Å²) in [5.74, 6) is -0.929. The van der Waals surface area contributed by atoms with Crippen LogP contribution in [0.25, 0.3) is 0 Å². The molecule has 5 heteroatoms. The molecule has 0 aromatic heterocycles. The van der Waals surface area contributed by atoms with Gasteiger partial charge in [0.2, 0.25) is 5.91 Å². The number of carboxylic acids is 1. The van der Waals surface area contributed by atoms with Gasteiger partial charge in [-0.05, 0) is 12.8 Å². The molecule has 0 rings (SSSR count). The monoisotopic (exact) mass is 231 g/mol. The molecule has 5 nitrogen and oxygen atoms in total. The van der Waals surface area contributed by atoms with Crippen molar-refractivity contribution in [2.24, 2.45) is 5.92 Å². The van der Waals surface area contributed by atoms with Gasteiger partial charge in [-0.2, -0.15) is 0 Å². The van der Waals surface area contributed by atoms with Gasteiger partial charge in [0.15, 0.2) is 0 Å². The Kier molecular flexibility index (Phi) is 7.54. The van der Waals surface area contributed by atoms with Crippen LogP contribution in [0.2, 0.25) is 0 Å². The third-order valence-corrected chi connectivity index (χ3v) is 2.22. The zero-order valence-electron chi connectivity index (χ0n) is 10.2. The molecule has 0 aliphatic heterocycles. The molecule has 0 fully saturated rings. The van der Waals surface area contributed by atoms with Gasteiger partial charge in [-0.15, -0.1) is 0 Å². The van der Waals surface area contributed by atoms with E-state index in [4.69, 9.17) is 9.84 Å². The van der Waals surface area contributed by atoms with Gasteiger partial charge < -0.3 is 15.2 Å². The number of carbonyl (C=O) groups is 2. The van der Waals surface area contributed by atoms with Gasteiger partial charge in [0, 0.05) is 13.0 Å². The summed E-state index contributed by atoms with van der Waals surface area (Å²) < 4.78 is 5.25. The molecular weight excluding hydrogens is 210 g/mol. The highest BCUT2D eigenvalue weighted by Gasteiger charge is 2.16. The minimum atomic E-state index is -0.957. The Morgan fingerprint density at radius 2 is 1.94 bits per heavy atom. The van der Waals surface area contributed by atoms with Crippen molar-refractivity contribution in [1.29, 1.82) is 0 Å². The van der Waals surface area contributed by atoms with Crippen LogP contribution in [0.5, 0.6) is 0 Å². The molecule has 1 amide bonds. The van der Waals surface area contributed by atoms with Gasteiger partial charge in [-0.1, -0.05) is 13.8 Å². The molecule has 0 radical (unpaired) electrons. The van der Waals surface area contributed by atoms with Crippen LogP contribution in [0.3, 0.4) is 0 Å². The van der Waals surface area contributed by atoms with Gasteiger partial charge in [0.05, 0.1) is 19.1 Å². The fraction of sp³-hybridized carbons (Fsp3) is 0.818. The number of hydrogen-bond acceptors (Lipinski definition) is 3. The van der Waals surface area contributed by atoms with E-state index < -0.39 is 5.97 Å². The number of ether oxygens (including phenoxy) is 1. The van der Waals surface area contributed by atoms with Crippen molar-refractivity contribution in [3.8, 4) is 0 Å². The summed E-state index contributed by atoms with van der Waals surface area (Å²) in [6.45, 7) is 6.94. The lowest BCUT2D eigenvalue weighted by molar-refractivity contribution is -0.139. The highest BCUT2D eigenvalue weighted by molar-refractivity contribution is 5.80. The molecule has 0 aromatic rings. The Balaban J connectivity index is 3.97. The second kappa shape index (κ2) is 8.10. The van der Waals surface area contributed by atoms with Crippen molar-refractivity contribution in [1.82, 2.24) is 5.32 Å². The summed E-state index contributed by atoms with van der Waals surface area (Å²) in [6.07, 6.45) is -0.115.